The third-order valence-electron chi connectivity index (χ3n) is 5.13. The van der Waals surface area contributed by atoms with Crippen molar-refractivity contribution in [2.75, 3.05) is 20.6 Å². The van der Waals surface area contributed by atoms with E-state index >= 15 is 0 Å². The summed E-state index contributed by atoms with van der Waals surface area (Å²) in [6.07, 6.45) is 2.51. The lowest BCUT2D eigenvalue weighted by molar-refractivity contribution is 0.0483. The van der Waals surface area contributed by atoms with E-state index in [0.29, 0.717) is 6.42 Å². The van der Waals surface area contributed by atoms with Crippen molar-refractivity contribution in [2.45, 2.75) is 45.3 Å². The van der Waals surface area contributed by atoms with Crippen LogP contribution < -0.4 is 5.32 Å². The van der Waals surface area contributed by atoms with E-state index in [1.165, 1.54) is 0 Å². The molecule has 0 spiro atoms. The van der Waals surface area contributed by atoms with Gasteiger partial charge in [0, 0.05) is 24.5 Å². The standard InChI is InChI=1S/C26H33N3O3/c1-26(2,3)32-25(31)27-22(17-19-11-7-6-8-12-19)24(30)29-18-20(15-16-28(4)5)21-13-9-10-14-23(21)29/h6-14,18,22H,15-17H2,1-5H3,(H,27,31). The Labute approximate surface area is 190 Å². The van der Waals surface area contributed by atoms with Crippen molar-refractivity contribution in [1.82, 2.24) is 14.8 Å². The molecule has 1 atom stereocenters. The van der Waals surface area contributed by atoms with Gasteiger partial charge in [0.05, 0.1) is 5.52 Å². The van der Waals surface area contributed by atoms with Gasteiger partial charge in [-0.25, -0.2) is 4.79 Å². The zero-order valence-corrected chi connectivity index (χ0v) is 19.6. The normalized spacial score (nSPS) is 12.7. The summed E-state index contributed by atoms with van der Waals surface area (Å²) < 4.78 is 7.10. The zero-order valence-electron chi connectivity index (χ0n) is 19.6. The molecule has 1 unspecified atom stereocenters. The first-order chi connectivity index (χ1) is 15.1. The number of benzene rings is 2. The maximum atomic E-state index is 13.7. The summed E-state index contributed by atoms with van der Waals surface area (Å²) in [5, 5.41) is 3.86. The summed E-state index contributed by atoms with van der Waals surface area (Å²) in [7, 11) is 4.07. The van der Waals surface area contributed by atoms with Gasteiger partial charge < -0.3 is 15.0 Å². The minimum absolute atomic E-state index is 0.188. The number of likely N-dealkylation sites (N-methyl/N-ethyl adjacent to an activating group) is 1. The number of carbonyl (C=O) groups is 2. The number of aromatic nitrogens is 1. The van der Waals surface area contributed by atoms with Gasteiger partial charge in [-0.1, -0.05) is 48.5 Å². The van der Waals surface area contributed by atoms with Crippen LogP contribution in [0.1, 0.15) is 36.7 Å². The fourth-order valence-corrected chi connectivity index (χ4v) is 3.64. The lowest BCUT2D eigenvalue weighted by Crippen LogP contribution is -2.46. The summed E-state index contributed by atoms with van der Waals surface area (Å²) in [5.41, 5.74) is 2.27. The van der Waals surface area contributed by atoms with Crippen LogP contribution in [-0.2, 0) is 17.6 Å². The molecule has 1 aromatic heterocycles. The van der Waals surface area contributed by atoms with Crippen LogP contribution >= 0.6 is 0 Å². The minimum atomic E-state index is -0.759. The lowest BCUT2D eigenvalue weighted by atomic mass is 10.1. The van der Waals surface area contributed by atoms with Crippen LogP contribution in [-0.4, -0.2) is 53.8 Å². The second-order valence-corrected chi connectivity index (χ2v) is 9.32. The van der Waals surface area contributed by atoms with E-state index in [1.807, 2.05) is 74.9 Å². The van der Waals surface area contributed by atoms with Gasteiger partial charge in [-0.2, -0.15) is 0 Å². The minimum Gasteiger partial charge on any atom is -0.444 e. The van der Waals surface area contributed by atoms with Gasteiger partial charge in [0.25, 0.3) is 5.91 Å². The van der Waals surface area contributed by atoms with Crippen molar-refractivity contribution in [3.05, 3.63) is 71.9 Å². The van der Waals surface area contributed by atoms with E-state index in [4.69, 9.17) is 4.74 Å². The number of hydrogen-bond acceptors (Lipinski definition) is 4. The van der Waals surface area contributed by atoms with E-state index in [0.717, 1.165) is 35.0 Å². The number of amides is 1. The Morgan fingerprint density at radius 1 is 1.03 bits per heavy atom. The summed E-state index contributed by atoms with van der Waals surface area (Å²) in [6, 6.07) is 16.8. The molecule has 3 rings (SSSR count). The number of hydrogen-bond donors (Lipinski definition) is 1. The topological polar surface area (TPSA) is 63.6 Å². The third-order valence-corrected chi connectivity index (χ3v) is 5.13. The average molecular weight is 436 g/mol. The first-order valence-corrected chi connectivity index (χ1v) is 11.0. The van der Waals surface area contributed by atoms with Crippen LogP contribution in [0.4, 0.5) is 4.79 Å². The molecule has 0 aliphatic heterocycles. The molecule has 170 valence electrons. The van der Waals surface area contributed by atoms with Crippen LogP contribution in [0.2, 0.25) is 0 Å². The summed E-state index contributed by atoms with van der Waals surface area (Å²) in [5.74, 6) is -0.188. The van der Waals surface area contributed by atoms with Gasteiger partial charge >= 0.3 is 6.09 Å². The Balaban J connectivity index is 1.94. The smallest absolute Gasteiger partial charge is 0.408 e. The predicted octanol–water partition coefficient (Wildman–Crippen LogP) is 4.52. The molecule has 0 aliphatic carbocycles. The highest BCUT2D eigenvalue weighted by molar-refractivity contribution is 5.97. The van der Waals surface area contributed by atoms with E-state index < -0.39 is 17.7 Å². The quantitative estimate of drug-likeness (QED) is 0.593. The molecule has 3 aromatic rings. The van der Waals surface area contributed by atoms with E-state index in [2.05, 4.69) is 10.2 Å². The highest BCUT2D eigenvalue weighted by Gasteiger charge is 2.27. The Kier molecular flexibility index (Phi) is 7.36. The molecule has 0 aliphatic rings. The number of nitrogens with zero attached hydrogens (tertiary/aromatic N) is 2. The Hall–Kier alpha value is -3.12. The van der Waals surface area contributed by atoms with Crippen LogP contribution in [0, 0.1) is 0 Å². The van der Waals surface area contributed by atoms with Gasteiger partial charge in [0.1, 0.15) is 11.6 Å². The lowest BCUT2D eigenvalue weighted by Gasteiger charge is -2.23. The first-order valence-electron chi connectivity index (χ1n) is 11.0. The molecule has 0 saturated heterocycles. The largest absolute Gasteiger partial charge is 0.444 e. The molecule has 32 heavy (non-hydrogen) atoms. The van der Waals surface area contributed by atoms with Crippen molar-refractivity contribution < 1.29 is 14.3 Å². The van der Waals surface area contributed by atoms with Crippen molar-refractivity contribution in [1.29, 1.82) is 0 Å². The molecule has 0 fully saturated rings. The van der Waals surface area contributed by atoms with Gasteiger partial charge in [-0.3, -0.25) is 9.36 Å². The summed E-state index contributed by atoms with van der Waals surface area (Å²) in [4.78, 5) is 28.4. The fourth-order valence-electron chi connectivity index (χ4n) is 3.64. The van der Waals surface area contributed by atoms with Crippen molar-refractivity contribution in [3.8, 4) is 0 Å². The van der Waals surface area contributed by atoms with Crippen molar-refractivity contribution >= 4 is 22.9 Å². The Bertz CT molecular complexity index is 1060. The molecule has 0 bridgehead atoms. The first kappa shape index (κ1) is 23.5. The molecule has 1 N–H and O–H groups in total. The van der Waals surface area contributed by atoms with E-state index in [1.54, 1.807) is 25.3 Å². The van der Waals surface area contributed by atoms with Crippen LogP contribution in [0.3, 0.4) is 0 Å². The SMILES string of the molecule is CN(C)CCc1cn(C(=O)C(Cc2ccccc2)NC(=O)OC(C)(C)C)c2ccccc12. The number of rotatable bonds is 7. The molecule has 0 saturated carbocycles. The number of carbonyl (C=O) groups excluding carboxylic acids is 2. The Morgan fingerprint density at radius 3 is 2.34 bits per heavy atom. The monoisotopic (exact) mass is 435 g/mol. The summed E-state index contributed by atoms with van der Waals surface area (Å²) >= 11 is 0. The van der Waals surface area contributed by atoms with Gasteiger partial charge in [0.15, 0.2) is 0 Å². The zero-order chi connectivity index (χ0) is 23.3. The highest BCUT2D eigenvalue weighted by atomic mass is 16.6. The third kappa shape index (κ3) is 6.20. The fraction of sp³-hybridized carbons (Fsp3) is 0.385. The van der Waals surface area contributed by atoms with Gasteiger partial charge in [0.2, 0.25) is 0 Å². The van der Waals surface area contributed by atoms with E-state index in [9.17, 15) is 9.59 Å². The second kappa shape index (κ2) is 10.0. The Morgan fingerprint density at radius 2 is 1.69 bits per heavy atom. The molecule has 1 heterocycles. The molecule has 0 radical (unpaired) electrons. The predicted molar refractivity (Wildman–Crippen MR) is 128 cm³/mol. The average Bonchev–Trinajstić information content (AvgIpc) is 3.09. The van der Waals surface area contributed by atoms with Gasteiger partial charge in [-0.05, 0) is 58.5 Å². The maximum Gasteiger partial charge on any atom is 0.408 e. The number of nitrogens with one attached hydrogen (secondary N) is 1. The number of para-hydroxylation sites is 1. The molecular formula is C26H33N3O3. The van der Waals surface area contributed by atoms with Crippen LogP contribution in [0.15, 0.2) is 60.8 Å². The molecule has 6 nitrogen and oxygen atoms in total. The summed E-state index contributed by atoms with van der Waals surface area (Å²) in [6.45, 7) is 6.29. The van der Waals surface area contributed by atoms with Crippen LogP contribution in [0.5, 0.6) is 0 Å². The molecule has 2 aromatic carbocycles. The maximum absolute atomic E-state index is 13.7. The molecule has 1 amide bonds. The van der Waals surface area contributed by atoms with E-state index in [-0.39, 0.29) is 5.91 Å². The number of alkyl carbamates (subject to hydrolysis) is 1. The molecule has 6 heteroatoms. The van der Waals surface area contributed by atoms with Crippen molar-refractivity contribution in [3.63, 3.8) is 0 Å². The van der Waals surface area contributed by atoms with Gasteiger partial charge in [-0.15, -0.1) is 0 Å². The highest BCUT2D eigenvalue weighted by Crippen LogP contribution is 2.23. The van der Waals surface area contributed by atoms with Crippen LogP contribution in [0.25, 0.3) is 10.9 Å². The molecular weight excluding hydrogens is 402 g/mol. The number of fused-ring (bicyclic) bond motifs is 1. The number of ether oxygens (including phenoxy) is 1. The second-order valence-electron chi connectivity index (χ2n) is 9.32. The van der Waals surface area contributed by atoms with Crippen molar-refractivity contribution in [2.24, 2.45) is 0 Å².